The van der Waals surface area contributed by atoms with Gasteiger partial charge in [0.1, 0.15) is 11.9 Å². The Morgan fingerprint density at radius 3 is 2.59 bits per heavy atom. The topological polar surface area (TPSA) is 58.6 Å². The lowest BCUT2D eigenvalue weighted by Crippen LogP contribution is -2.22. The van der Waals surface area contributed by atoms with Gasteiger partial charge in [-0.25, -0.2) is 8.42 Å². The van der Waals surface area contributed by atoms with Gasteiger partial charge in [0, 0.05) is 36.6 Å². The standard InChI is InChI=1S/C21H20N2O3S/c1-23(2)16-11-12-21-19(14-16)18-13-15(7-6-10-20(18)26-21)22-27(24,25)17-8-4-3-5-9-17/h3-14,20,22H,1-2H3. The molecule has 0 saturated carbocycles. The first-order chi connectivity index (χ1) is 12.9. The maximum Gasteiger partial charge on any atom is 0.261 e. The summed E-state index contributed by atoms with van der Waals surface area (Å²) < 4.78 is 34.0. The van der Waals surface area contributed by atoms with Crippen molar-refractivity contribution in [1.29, 1.82) is 0 Å². The van der Waals surface area contributed by atoms with Crippen LogP contribution in [0, 0.1) is 0 Å². The number of benzene rings is 2. The number of rotatable bonds is 4. The molecule has 0 amide bonds. The van der Waals surface area contributed by atoms with E-state index in [4.69, 9.17) is 4.74 Å². The molecule has 1 aliphatic heterocycles. The zero-order chi connectivity index (χ0) is 19.0. The Bertz CT molecular complexity index is 1070. The third-order valence-electron chi connectivity index (χ3n) is 4.53. The number of nitrogens with one attached hydrogen (secondary N) is 1. The molecule has 2 aliphatic rings. The van der Waals surface area contributed by atoms with Crippen LogP contribution in [0.5, 0.6) is 5.75 Å². The number of fused-ring (bicyclic) bond motifs is 3. The fourth-order valence-corrected chi connectivity index (χ4v) is 4.20. The van der Waals surface area contributed by atoms with Crippen molar-refractivity contribution < 1.29 is 13.2 Å². The molecule has 2 aromatic carbocycles. The van der Waals surface area contributed by atoms with Crippen LogP contribution in [0.1, 0.15) is 5.56 Å². The van der Waals surface area contributed by atoms with Crippen LogP contribution in [0.25, 0.3) is 5.57 Å². The molecule has 0 aromatic heterocycles. The lowest BCUT2D eigenvalue weighted by Gasteiger charge is -2.13. The molecule has 0 fully saturated rings. The molecule has 0 bridgehead atoms. The predicted octanol–water partition coefficient (Wildman–Crippen LogP) is 3.33. The Morgan fingerprint density at radius 2 is 1.85 bits per heavy atom. The van der Waals surface area contributed by atoms with E-state index >= 15 is 0 Å². The van der Waals surface area contributed by atoms with Gasteiger partial charge in [0.05, 0.1) is 4.90 Å². The maximum absolute atomic E-state index is 12.7. The van der Waals surface area contributed by atoms with Crippen molar-refractivity contribution in [3.05, 3.63) is 84.1 Å². The summed E-state index contributed by atoms with van der Waals surface area (Å²) in [5, 5.41) is 0. The van der Waals surface area contributed by atoms with Crippen molar-refractivity contribution in [3.63, 3.8) is 0 Å². The van der Waals surface area contributed by atoms with Gasteiger partial charge < -0.3 is 9.64 Å². The lowest BCUT2D eigenvalue weighted by atomic mass is 10.0. The first kappa shape index (κ1) is 17.4. The van der Waals surface area contributed by atoms with E-state index in [1.54, 1.807) is 36.4 Å². The molecule has 27 heavy (non-hydrogen) atoms. The highest BCUT2D eigenvalue weighted by molar-refractivity contribution is 7.89. The van der Waals surface area contributed by atoms with Crippen molar-refractivity contribution in [3.8, 4) is 5.75 Å². The fraction of sp³-hybridized carbons (Fsp3) is 0.143. The molecule has 0 saturated heterocycles. The summed E-state index contributed by atoms with van der Waals surface area (Å²) >= 11 is 0. The highest BCUT2D eigenvalue weighted by atomic mass is 32.2. The van der Waals surface area contributed by atoms with Crippen molar-refractivity contribution in [2.75, 3.05) is 19.0 Å². The highest BCUT2D eigenvalue weighted by Gasteiger charge is 2.28. The molecule has 1 atom stereocenters. The number of nitrogens with zero attached hydrogens (tertiary/aromatic N) is 1. The second kappa shape index (κ2) is 6.63. The van der Waals surface area contributed by atoms with E-state index in [9.17, 15) is 8.42 Å². The SMILES string of the molecule is CN(C)c1ccc2c(c1)C1=CC(NS(=O)(=O)c3ccccc3)=CC=CC1O2. The van der Waals surface area contributed by atoms with E-state index in [2.05, 4.69) is 10.8 Å². The van der Waals surface area contributed by atoms with Gasteiger partial charge in [-0.05, 0) is 48.6 Å². The number of ether oxygens (including phenoxy) is 1. The minimum absolute atomic E-state index is 0.229. The quantitative estimate of drug-likeness (QED) is 0.884. The van der Waals surface area contributed by atoms with Gasteiger partial charge >= 0.3 is 0 Å². The van der Waals surface area contributed by atoms with Crippen LogP contribution in [-0.4, -0.2) is 28.6 Å². The van der Waals surface area contributed by atoms with Crippen LogP contribution in [0.3, 0.4) is 0 Å². The molecule has 4 rings (SSSR count). The zero-order valence-electron chi connectivity index (χ0n) is 15.1. The Morgan fingerprint density at radius 1 is 1.07 bits per heavy atom. The van der Waals surface area contributed by atoms with E-state index in [1.165, 1.54) is 0 Å². The van der Waals surface area contributed by atoms with E-state index in [1.807, 2.05) is 49.4 Å². The molecule has 0 spiro atoms. The van der Waals surface area contributed by atoms with Crippen LogP contribution >= 0.6 is 0 Å². The largest absolute Gasteiger partial charge is 0.481 e. The van der Waals surface area contributed by atoms with Crippen LogP contribution in [0.15, 0.2) is 83.4 Å². The van der Waals surface area contributed by atoms with Gasteiger partial charge in [-0.3, -0.25) is 4.72 Å². The van der Waals surface area contributed by atoms with Gasteiger partial charge in [-0.15, -0.1) is 0 Å². The second-order valence-electron chi connectivity index (χ2n) is 6.64. The molecule has 0 radical (unpaired) electrons. The van der Waals surface area contributed by atoms with Crippen LogP contribution in [-0.2, 0) is 10.0 Å². The summed E-state index contributed by atoms with van der Waals surface area (Å²) in [5.74, 6) is 0.800. The smallest absolute Gasteiger partial charge is 0.261 e. The average molecular weight is 380 g/mol. The molecule has 1 aliphatic carbocycles. The Kier molecular flexibility index (Phi) is 4.28. The molecule has 1 N–H and O–H groups in total. The molecular formula is C21H20N2O3S. The molecule has 5 nitrogen and oxygen atoms in total. The maximum atomic E-state index is 12.7. The zero-order valence-corrected chi connectivity index (χ0v) is 15.9. The third-order valence-corrected chi connectivity index (χ3v) is 5.93. The highest BCUT2D eigenvalue weighted by Crippen LogP contribution is 2.41. The monoisotopic (exact) mass is 380 g/mol. The molecule has 1 unspecified atom stereocenters. The van der Waals surface area contributed by atoms with Crippen molar-refractivity contribution in [1.82, 2.24) is 4.72 Å². The summed E-state index contributed by atoms with van der Waals surface area (Å²) in [5.41, 5.74) is 3.47. The molecule has 138 valence electrons. The summed E-state index contributed by atoms with van der Waals surface area (Å²) in [6.45, 7) is 0. The number of anilines is 1. The number of hydrogen-bond acceptors (Lipinski definition) is 4. The van der Waals surface area contributed by atoms with E-state index in [-0.39, 0.29) is 11.0 Å². The minimum atomic E-state index is -3.65. The van der Waals surface area contributed by atoms with Gasteiger partial charge in [0.25, 0.3) is 10.0 Å². The lowest BCUT2D eigenvalue weighted by molar-refractivity contribution is 0.323. The van der Waals surface area contributed by atoms with Gasteiger partial charge in [0.2, 0.25) is 0 Å². The summed E-state index contributed by atoms with van der Waals surface area (Å²) in [6.07, 6.45) is 7.09. The Hall–Kier alpha value is -2.99. The predicted molar refractivity (Wildman–Crippen MR) is 107 cm³/mol. The van der Waals surface area contributed by atoms with E-state index < -0.39 is 10.0 Å². The number of allylic oxidation sites excluding steroid dienone is 3. The van der Waals surface area contributed by atoms with Crippen molar-refractivity contribution in [2.24, 2.45) is 0 Å². The summed E-state index contributed by atoms with van der Waals surface area (Å²) in [4.78, 5) is 2.25. The molecule has 2 aromatic rings. The van der Waals surface area contributed by atoms with Gasteiger partial charge in [-0.2, -0.15) is 0 Å². The van der Waals surface area contributed by atoms with Crippen LogP contribution in [0.4, 0.5) is 5.69 Å². The first-order valence-electron chi connectivity index (χ1n) is 8.60. The Labute approximate surface area is 159 Å². The average Bonchev–Trinajstić information content (AvgIpc) is 2.86. The molecule has 6 heteroatoms. The van der Waals surface area contributed by atoms with Crippen LogP contribution < -0.4 is 14.4 Å². The normalized spacial score (nSPS) is 17.8. The fourth-order valence-electron chi connectivity index (χ4n) is 3.13. The first-order valence-corrected chi connectivity index (χ1v) is 10.1. The van der Waals surface area contributed by atoms with Crippen molar-refractivity contribution >= 4 is 21.3 Å². The molecule has 1 heterocycles. The van der Waals surface area contributed by atoms with E-state index in [0.29, 0.717) is 5.70 Å². The number of hydrogen-bond donors (Lipinski definition) is 1. The van der Waals surface area contributed by atoms with Crippen LogP contribution in [0.2, 0.25) is 0 Å². The summed E-state index contributed by atoms with van der Waals surface area (Å²) in [6, 6.07) is 14.3. The Balaban J connectivity index is 1.70. The third kappa shape index (κ3) is 3.36. The van der Waals surface area contributed by atoms with Gasteiger partial charge in [0.15, 0.2) is 0 Å². The van der Waals surface area contributed by atoms with Gasteiger partial charge in [-0.1, -0.05) is 24.3 Å². The second-order valence-corrected chi connectivity index (χ2v) is 8.32. The summed E-state index contributed by atoms with van der Waals surface area (Å²) in [7, 11) is 0.314. The number of sulfonamides is 1. The molecular weight excluding hydrogens is 360 g/mol. The van der Waals surface area contributed by atoms with Crippen molar-refractivity contribution in [2.45, 2.75) is 11.0 Å². The van der Waals surface area contributed by atoms with E-state index in [0.717, 1.165) is 22.6 Å². The minimum Gasteiger partial charge on any atom is -0.481 e.